The molecule has 0 bridgehead atoms. The lowest BCUT2D eigenvalue weighted by Crippen LogP contribution is -2.51. The molecule has 1 saturated carbocycles. The maximum atomic E-state index is 13.1. The largest absolute Gasteiger partial charge is 0.314 e. The van der Waals surface area contributed by atoms with Gasteiger partial charge in [-0.1, -0.05) is 0 Å². The second kappa shape index (κ2) is 4.70. The minimum atomic E-state index is -0.236. The third-order valence-corrected chi connectivity index (χ3v) is 3.71. The van der Waals surface area contributed by atoms with Gasteiger partial charge in [-0.15, -0.1) is 0 Å². The summed E-state index contributed by atoms with van der Waals surface area (Å²) in [5.74, 6) is 0.616. The van der Waals surface area contributed by atoms with Crippen LogP contribution in [0.1, 0.15) is 18.4 Å². The Morgan fingerprint density at radius 3 is 3.06 bits per heavy atom. The molecule has 4 heteroatoms. The molecule has 1 atom stereocenters. The molecule has 0 amide bonds. The summed E-state index contributed by atoms with van der Waals surface area (Å²) < 4.78 is 13.1. The van der Waals surface area contributed by atoms with Crippen LogP contribution in [0.15, 0.2) is 18.5 Å². The van der Waals surface area contributed by atoms with E-state index in [2.05, 4.69) is 15.2 Å². The number of pyridine rings is 1. The molecule has 0 aromatic carbocycles. The van der Waals surface area contributed by atoms with Crippen LogP contribution in [0.3, 0.4) is 0 Å². The smallest absolute Gasteiger partial charge is 0.141 e. The first kappa shape index (κ1) is 11.1. The van der Waals surface area contributed by atoms with Crippen molar-refractivity contribution in [1.82, 2.24) is 15.2 Å². The second-order valence-electron chi connectivity index (χ2n) is 5.09. The van der Waals surface area contributed by atoms with E-state index in [4.69, 9.17) is 0 Å². The number of nitrogens with zero attached hydrogens (tertiary/aromatic N) is 2. The summed E-state index contributed by atoms with van der Waals surface area (Å²) in [5, 5.41) is 3.45. The summed E-state index contributed by atoms with van der Waals surface area (Å²) in [6.45, 7) is 3.99. The Bertz CT molecular complexity index is 392. The molecule has 1 aliphatic heterocycles. The summed E-state index contributed by atoms with van der Waals surface area (Å²) in [6, 6.07) is 2.23. The Balaban J connectivity index is 1.69. The molecule has 0 radical (unpaired) electrons. The lowest BCUT2D eigenvalue weighted by atomic mass is 10.1. The molecule has 1 saturated heterocycles. The van der Waals surface area contributed by atoms with Crippen molar-refractivity contribution in [3.8, 4) is 0 Å². The van der Waals surface area contributed by atoms with E-state index in [0.29, 0.717) is 6.04 Å². The number of nitrogens with one attached hydrogen (secondary N) is 1. The molecule has 3 rings (SSSR count). The van der Waals surface area contributed by atoms with Gasteiger partial charge in [-0.3, -0.25) is 9.88 Å². The van der Waals surface area contributed by atoms with Gasteiger partial charge in [-0.2, -0.15) is 0 Å². The molecule has 92 valence electrons. The van der Waals surface area contributed by atoms with Gasteiger partial charge in [0.15, 0.2) is 0 Å². The van der Waals surface area contributed by atoms with Gasteiger partial charge < -0.3 is 5.32 Å². The van der Waals surface area contributed by atoms with Crippen LogP contribution >= 0.6 is 0 Å². The van der Waals surface area contributed by atoms with Gasteiger partial charge in [0, 0.05) is 38.4 Å². The fraction of sp³-hybridized carbons (Fsp3) is 0.615. The lowest BCUT2D eigenvalue weighted by molar-refractivity contribution is 0.135. The first-order chi connectivity index (χ1) is 8.33. The maximum Gasteiger partial charge on any atom is 0.141 e. The highest BCUT2D eigenvalue weighted by atomic mass is 19.1. The van der Waals surface area contributed by atoms with Crippen LogP contribution in [0, 0.1) is 11.7 Å². The number of piperazine rings is 1. The topological polar surface area (TPSA) is 28.2 Å². The van der Waals surface area contributed by atoms with Gasteiger partial charge in [-0.05, 0) is 30.4 Å². The monoisotopic (exact) mass is 235 g/mol. The van der Waals surface area contributed by atoms with E-state index >= 15 is 0 Å². The van der Waals surface area contributed by atoms with Crippen LogP contribution in [-0.4, -0.2) is 35.6 Å². The molecule has 1 N–H and O–H groups in total. The molecular formula is C13H18FN3. The van der Waals surface area contributed by atoms with Gasteiger partial charge in [-0.25, -0.2) is 4.39 Å². The summed E-state index contributed by atoms with van der Waals surface area (Å²) in [6.07, 6.45) is 5.74. The van der Waals surface area contributed by atoms with Crippen molar-refractivity contribution in [2.45, 2.75) is 25.4 Å². The van der Waals surface area contributed by atoms with Crippen LogP contribution in [0.2, 0.25) is 0 Å². The molecule has 2 aliphatic rings. The molecular weight excluding hydrogens is 217 g/mol. The Hall–Kier alpha value is -1.00. The van der Waals surface area contributed by atoms with Gasteiger partial charge in [0.1, 0.15) is 5.82 Å². The van der Waals surface area contributed by atoms with Crippen molar-refractivity contribution < 1.29 is 4.39 Å². The van der Waals surface area contributed by atoms with E-state index < -0.39 is 0 Å². The standard InChI is InChI=1S/C13H18FN3/c14-12-5-10(6-16-7-12)9-17-4-3-15-8-13(17)11-1-2-11/h5-7,11,13,15H,1-4,8-9H2. The van der Waals surface area contributed by atoms with E-state index in [1.54, 1.807) is 12.3 Å². The van der Waals surface area contributed by atoms with Crippen molar-refractivity contribution in [2.75, 3.05) is 19.6 Å². The van der Waals surface area contributed by atoms with Crippen LogP contribution in [0.4, 0.5) is 4.39 Å². The van der Waals surface area contributed by atoms with E-state index in [-0.39, 0.29) is 5.82 Å². The third kappa shape index (κ3) is 2.64. The van der Waals surface area contributed by atoms with Crippen molar-refractivity contribution in [1.29, 1.82) is 0 Å². The van der Waals surface area contributed by atoms with E-state index in [9.17, 15) is 4.39 Å². The van der Waals surface area contributed by atoms with E-state index in [0.717, 1.165) is 37.7 Å². The SMILES string of the molecule is Fc1cncc(CN2CCNCC2C2CC2)c1. The fourth-order valence-electron chi connectivity index (χ4n) is 2.69. The number of rotatable bonds is 3. The minimum absolute atomic E-state index is 0.236. The molecule has 1 aromatic rings. The Kier molecular flexibility index (Phi) is 3.07. The molecule has 3 nitrogen and oxygen atoms in total. The highest BCUT2D eigenvalue weighted by Crippen LogP contribution is 2.36. The average molecular weight is 235 g/mol. The van der Waals surface area contributed by atoms with E-state index in [1.807, 2.05) is 0 Å². The minimum Gasteiger partial charge on any atom is -0.314 e. The predicted octanol–water partition coefficient (Wildman–Crippen LogP) is 1.40. The van der Waals surface area contributed by atoms with Crippen molar-refractivity contribution in [3.63, 3.8) is 0 Å². The quantitative estimate of drug-likeness (QED) is 0.858. The number of halogens is 1. The zero-order valence-corrected chi connectivity index (χ0v) is 9.90. The van der Waals surface area contributed by atoms with E-state index in [1.165, 1.54) is 19.0 Å². The van der Waals surface area contributed by atoms with Crippen LogP contribution in [0.5, 0.6) is 0 Å². The number of hydrogen-bond donors (Lipinski definition) is 1. The summed E-state index contributed by atoms with van der Waals surface area (Å²) in [4.78, 5) is 6.39. The zero-order valence-electron chi connectivity index (χ0n) is 9.90. The van der Waals surface area contributed by atoms with Gasteiger partial charge in [0.05, 0.1) is 6.20 Å². The number of hydrogen-bond acceptors (Lipinski definition) is 3. The van der Waals surface area contributed by atoms with Crippen LogP contribution in [-0.2, 0) is 6.54 Å². The van der Waals surface area contributed by atoms with Crippen LogP contribution < -0.4 is 5.32 Å². The Morgan fingerprint density at radius 1 is 1.41 bits per heavy atom. The van der Waals surface area contributed by atoms with Crippen molar-refractivity contribution >= 4 is 0 Å². The molecule has 1 aromatic heterocycles. The second-order valence-corrected chi connectivity index (χ2v) is 5.09. The normalized spacial score (nSPS) is 26.1. The predicted molar refractivity (Wildman–Crippen MR) is 64.0 cm³/mol. The first-order valence-corrected chi connectivity index (χ1v) is 6.37. The van der Waals surface area contributed by atoms with Crippen molar-refractivity contribution in [3.05, 3.63) is 29.8 Å². The first-order valence-electron chi connectivity index (χ1n) is 6.37. The average Bonchev–Trinajstić information content (AvgIpc) is 3.14. The fourth-order valence-corrected chi connectivity index (χ4v) is 2.69. The maximum absolute atomic E-state index is 13.1. The Labute approximate surface area is 101 Å². The third-order valence-electron chi connectivity index (χ3n) is 3.71. The lowest BCUT2D eigenvalue weighted by Gasteiger charge is -2.36. The molecule has 1 aliphatic carbocycles. The number of aromatic nitrogens is 1. The van der Waals surface area contributed by atoms with Gasteiger partial charge >= 0.3 is 0 Å². The van der Waals surface area contributed by atoms with Crippen molar-refractivity contribution in [2.24, 2.45) is 5.92 Å². The van der Waals surface area contributed by atoms with Gasteiger partial charge in [0.25, 0.3) is 0 Å². The zero-order chi connectivity index (χ0) is 11.7. The highest BCUT2D eigenvalue weighted by Gasteiger charge is 2.36. The van der Waals surface area contributed by atoms with Gasteiger partial charge in [0.2, 0.25) is 0 Å². The Morgan fingerprint density at radius 2 is 2.29 bits per heavy atom. The molecule has 17 heavy (non-hydrogen) atoms. The summed E-state index contributed by atoms with van der Waals surface area (Å²) >= 11 is 0. The summed E-state index contributed by atoms with van der Waals surface area (Å²) in [5.41, 5.74) is 0.984. The highest BCUT2D eigenvalue weighted by molar-refractivity contribution is 5.11. The molecule has 0 spiro atoms. The molecule has 2 fully saturated rings. The summed E-state index contributed by atoms with van der Waals surface area (Å²) in [7, 11) is 0. The molecule has 1 unspecified atom stereocenters. The molecule has 2 heterocycles. The van der Waals surface area contributed by atoms with Crippen LogP contribution in [0.25, 0.3) is 0 Å².